The predicted molar refractivity (Wildman–Crippen MR) is 101 cm³/mol. The average molecular weight is 366 g/mol. The number of anilines is 2. The Hall–Kier alpha value is -3.39. The topological polar surface area (TPSA) is 108 Å². The largest absolute Gasteiger partial charge is 0.465 e. The Bertz CT molecular complexity index is 1010. The van der Waals surface area contributed by atoms with Gasteiger partial charge in [-0.15, -0.1) is 0 Å². The van der Waals surface area contributed by atoms with Crippen molar-refractivity contribution in [3.8, 4) is 0 Å². The highest BCUT2D eigenvalue weighted by Crippen LogP contribution is 2.22. The van der Waals surface area contributed by atoms with Crippen LogP contribution in [-0.4, -0.2) is 53.3 Å². The zero-order valence-corrected chi connectivity index (χ0v) is 14.6. The van der Waals surface area contributed by atoms with E-state index in [1.807, 2.05) is 19.2 Å². The summed E-state index contributed by atoms with van der Waals surface area (Å²) in [7, 11) is 2.01. The van der Waals surface area contributed by atoms with Gasteiger partial charge in [0.25, 0.3) is 0 Å². The van der Waals surface area contributed by atoms with E-state index in [9.17, 15) is 9.59 Å². The molecule has 0 aliphatic carbocycles. The molecule has 8 nitrogen and oxygen atoms in total. The van der Waals surface area contributed by atoms with Gasteiger partial charge in [0.05, 0.1) is 30.3 Å². The Morgan fingerprint density at radius 2 is 1.89 bits per heavy atom. The lowest BCUT2D eigenvalue weighted by molar-refractivity contribution is 0.0101. The van der Waals surface area contributed by atoms with E-state index in [0.717, 1.165) is 18.9 Å². The Morgan fingerprint density at radius 1 is 1.19 bits per heavy atom. The van der Waals surface area contributed by atoms with Crippen molar-refractivity contribution in [2.24, 2.45) is 0 Å². The highest BCUT2D eigenvalue weighted by molar-refractivity contribution is 6.10. The van der Waals surface area contributed by atoms with Crippen molar-refractivity contribution in [1.29, 1.82) is 0 Å². The first-order chi connectivity index (χ1) is 13.0. The maximum atomic E-state index is 12.8. The first-order valence-electron chi connectivity index (χ1n) is 8.46. The van der Waals surface area contributed by atoms with Gasteiger partial charge in [-0.05, 0) is 42.5 Å². The van der Waals surface area contributed by atoms with E-state index < -0.39 is 6.09 Å². The number of imidazole rings is 1. The van der Waals surface area contributed by atoms with E-state index >= 15 is 0 Å². The summed E-state index contributed by atoms with van der Waals surface area (Å²) in [6.07, 6.45) is -1.20. The summed E-state index contributed by atoms with van der Waals surface area (Å²) < 4.78 is 5.21. The van der Waals surface area contributed by atoms with Gasteiger partial charge in [-0.25, -0.2) is 9.78 Å². The van der Waals surface area contributed by atoms with Crippen LogP contribution < -0.4 is 10.2 Å². The van der Waals surface area contributed by atoms with Crippen LogP contribution in [0.2, 0.25) is 0 Å². The smallest absolute Gasteiger partial charge is 0.411 e. The van der Waals surface area contributed by atoms with Crippen molar-refractivity contribution in [2.75, 3.05) is 30.5 Å². The number of nitrogens with zero attached hydrogens (tertiary/aromatic N) is 2. The number of ketones is 1. The molecule has 27 heavy (non-hydrogen) atoms. The highest BCUT2D eigenvalue weighted by atomic mass is 16.5. The van der Waals surface area contributed by atoms with E-state index in [4.69, 9.17) is 9.84 Å². The zero-order valence-electron chi connectivity index (χ0n) is 14.6. The summed E-state index contributed by atoms with van der Waals surface area (Å²) >= 11 is 0. The summed E-state index contributed by atoms with van der Waals surface area (Å²) in [6, 6.07) is 12.9. The first-order valence-corrected chi connectivity index (χ1v) is 8.46. The molecule has 4 rings (SSSR count). The molecular weight excluding hydrogens is 348 g/mol. The number of aromatic nitrogens is 2. The van der Waals surface area contributed by atoms with Crippen molar-refractivity contribution in [3.63, 3.8) is 0 Å². The van der Waals surface area contributed by atoms with E-state index in [-0.39, 0.29) is 11.7 Å². The van der Waals surface area contributed by atoms with E-state index in [2.05, 4.69) is 20.2 Å². The number of fused-ring (bicyclic) bond motifs is 1. The molecule has 1 amide bonds. The molecule has 0 radical (unpaired) electrons. The molecule has 1 aliphatic heterocycles. The summed E-state index contributed by atoms with van der Waals surface area (Å²) in [4.78, 5) is 32.6. The van der Waals surface area contributed by atoms with Crippen LogP contribution in [-0.2, 0) is 4.74 Å². The van der Waals surface area contributed by atoms with E-state index in [1.165, 1.54) is 0 Å². The number of carboxylic acid groups (broad SMARTS) is 1. The van der Waals surface area contributed by atoms with Crippen LogP contribution in [0.3, 0.4) is 0 Å². The molecule has 2 heterocycles. The lowest BCUT2D eigenvalue weighted by atomic mass is 10.0. The molecule has 2 aromatic carbocycles. The second-order valence-electron chi connectivity index (χ2n) is 6.43. The van der Waals surface area contributed by atoms with Gasteiger partial charge < -0.3 is 19.7 Å². The van der Waals surface area contributed by atoms with Crippen LogP contribution in [0.1, 0.15) is 15.9 Å². The Morgan fingerprint density at radius 3 is 2.52 bits per heavy atom. The van der Waals surface area contributed by atoms with Gasteiger partial charge in [-0.3, -0.25) is 10.1 Å². The third-order valence-electron chi connectivity index (χ3n) is 4.68. The van der Waals surface area contributed by atoms with Crippen LogP contribution in [0, 0.1) is 0 Å². The van der Waals surface area contributed by atoms with Gasteiger partial charge in [0.15, 0.2) is 5.78 Å². The molecule has 0 unspecified atom stereocenters. The number of likely N-dealkylation sites (N-methyl/N-ethyl adjacent to an activating group) is 1. The van der Waals surface area contributed by atoms with Crippen molar-refractivity contribution in [1.82, 2.24) is 9.97 Å². The number of hydrogen-bond donors (Lipinski definition) is 3. The van der Waals surface area contributed by atoms with Gasteiger partial charge in [0, 0.05) is 23.9 Å². The molecule has 1 fully saturated rings. The number of benzene rings is 2. The zero-order chi connectivity index (χ0) is 19.0. The molecule has 1 aromatic heterocycles. The average Bonchev–Trinajstić information content (AvgIpc) is 3.00. The van der Waals surface area contributed by atoms with Crippen LogP contribution in [0.15, 0.2) is 42.5 Å². The summed E-state index contributed by atoms with van der Waals surface area (Å²) in [5.41, 5.74) is 3.27. The molecule has 8 heteroatoms. The van der Waals surface area contributed by atoms with Gasteiger partial charge in [0.1, 0.15) is 0 Å². The van der Waals surface area contributed by atoms with Crippen molar-refractivity contribution in [3.05, 3.63) is 53.6 Å². The number of carbonyl (C=O) groups excluding carboxylic acids is 1. The molecule has 0 saturated carbocycles. The quantitative estimate of drug-likeness (QED) is 0.599. The molecule has 0 spiro atoms. The van der Waals surface area contributed by atoms with Gasteiger partial charge in [-0.1, -0.05) is 0 Å². The summed E-state index contributed by atoms with van der Waals surface area (Å²) in [5, 5.41) is 10.9. The summed E-state index contributed by atoms with van der Waals surface area (Å²) in [5.74, 6) is 0.00304. The third-order valence-corrected chi connectivity index (χ3v) is 4.68. The Kier molecular flexibility index (Phi) is 4.25. The number of aromatic amines is 1. The van der Waals surface area contributed by atoms with Crippen molar-refractivity contribution < 1.29 is 19.4 Å². The number of ether oxygens (including phenoxy) is 1. The minimum absolute atomic E-state index is 0.117. The fourth-order valence-corrected chi connectivity index (χ4v) is 2.98. The predicted octanol–water partition coefficient (Wildman–Crippen LogP) is 2.72. The molecule has 0 atom stereocenters. The van der Waals surface area contributed by atoms with Crippen LogP contribution in [0.25, 0.3) is 11.0 Å². The molecular formula is C19H18N4O4. The Labute approximate surface area is 154 Å². The number of amides is 1. The monoisotopic (exact) mass is 366 g/mol. The lowest BCUT2D eigenvalue weighted by Gasteiger charge is -2.36. The van der Waals surface area contributed by atoms with Gasteiger partial charge in [-0.2, -0.15) is 0 Å². The minimum Gasteiger partial charge on any atom is -0.465 e. The molecule has 3 N–H and O–H groups in total. The van der Waals surface area contributed by atoms with Crippen LogP contribution in [0.5, 0.6) is 0 Å². The molecule has 3 aromatic rings. The maximum Gasteiger partial charge on any atom is 0.411 e. The Balaban J connectivity index is 1.55. The normalized spacial score (nSPS) is 14.0. The fraction of sp³-hybridized carbons (Fsp3) is 0.211. The van der Waals surface area contributed by atoms with E-state index in [1.54, 1.807) is 30.3 Å². The molecule has 1 saturated heterocycles. The lowest BCUT2D eigenvalue weighted by Crippen LogP contribution is -2.47. The highest BCUT2D eigenvalue weighted by Gasteiger charge is 2.23. The third kappa shape index (κ3) is 3.34. The molecule has 0 bridgehead atoms. The standard InChI is InChI=1S/C19H18N4O4/c1-23(14-9-27-10-14)13-5-2-11(3-6-13)17(24)12-4-7-15-16(8-12)21-18(20-15)22-19(25)26/h2-8,14H,9-10H2,1H3,(H,25,26)(H2,20,21,22). The van der Waals surface area contributed by atoms with Gasteiger partial charge in [0.2, 0.25) is 5.95 Å². The van der Waals surface area contributed by atoms with Crippen LogP contribution in [0.4, 0.5) is 16.4 Å². The molecule has 1 aliphatic rings. The van der Waals surface area contributed by atoms with E-state index in [0.29, 0.717) is 28.2 Å². The number of hydrogen-bond acceptors (Lipinski definition) is 5. The minimum atomic E-state index is -1.20. The number of rotatable bonds is 5. The second kappa shape index (κ2) is 6.73. The SMILES string of the molecule is CN(c1ccc(C(=O)c2ccc3[nH]c(NC(=O)O)nc3c2)cc1)C1COC1. The molecule has 138 valence electrons. The van der Waals surface area contributed by atoms with Gasteiger partial charge >= 0.3 is 6.09 Å². The second-order valence-corrected chi connectivity index (χ2v) is 6.43. The number of nitrogens with one attached hydrogen (secondary N) is 2. The first kappa shape index (κ1) is 17.0. The van der Waals surface area contributed by atoms with Crippen LogP contribution >= 0.6 is 0 Å². The van der Waals surface area contributed by atoms with Crippen molar-refractivity contribution in [2.45, 2.75) is 6.04 Å². The number of carbonyl (C=O) groups is 2. The number of H-pyrrole nitrogens is 1. The van der Waals surface area contributed by atoms with Crippen molar-refractivity contribution >= 4 is 34.5 Å². The fourth-order valence-electron chi connectivity index (χ4n) is 2.98. The maximum absolute atomic E-state index is 12.8. The summed E-state index contributed by atoms with van der Waals surface area (Å²) in [6.45, 7) is 1.44.